The summed E-state index contributed by atoms with van der Waals surface area (Å²) in [5.41, 5.74) is 0. The first-order chi connectivity index (χ1) is 9.33. The summed E-state index contributed by atoms with van der Waals surface area (Å²) >= 11 is 3.03. The molecule has 1 N–H and O–H groups in total. The maximum absolute atomic E-state index is 9.66. The summed E-state index contributed by atoms with van der Waals surface area (Å²) in [7, 11) is 0. The van der Waals surface area contributed by atoms with Crippen LogP contribution >= 0.6 is 23.1 Å². The monoisotopic (exact) mass is 290 g/mol. The van der Waals surface area contributed by atoms with Crippen molar-refractivity contribution in [3.63, 3.8) is 0 Å². The number of phenols is 1. The smallest absolute Gasteiger partial charge is 0.257 e. The second-order valence-corrected chi connectivity index (χ2v) is 5.70. The summed E-state index contributed by atoms with van der Waals surface area (Å²) in [5.74, 6) is 1.90. The number of aromatic nitrogens is 2. The molecule has 19 heavy (non-hydrogen) atoms. The number of thiophene rings is 1. The van der Waals surface area contributed by atoms with Gasteiger partial charge in [-0.3, -0.25) is 0 Å². The Morgan fingerprint density at radius 1 is 1.16 bits per heavy atom. The summed E-state index contributed by atoms with van der Waals surface area (Å²) < 4.78 is 5.58. The average molecular weight is 290 g/mol. The lowest BCUT2D eigenvalue weighted by atomic mass is 10.3. The Kier molecular flexibility index (Phi) is 3.52. The van der Waals surface area contributed by atoms with Gasteiger partial charge in [-0.1, -0.05) is 18.2 Å². The minimum Gasteiger partial charge on any atom is -0.507 e. The van der Waals surface area contributed by atoms with Gasteiger partial charge in [0.25, 0.3) is 5.89 Å². The molecule has 0 spiro atoms. The fourth-order valence-corrected chi connectivity index (χ4v) is 2.96. The van der Waals surface area contributed by atoms with Crippen LogP contribution in [0, 0.1) is 0 Å². The zero-order valence-corrected chi connectivity index (χ0v) is 11.4. The Balaban J connectivity index is 1.70. The summed E-state index contributed by atoms with van der Waals surface area (Å²) in [6.45, 7) is 0. The molecule has 6 heteroatoms. The van der Waals surface area contributed by atoms with Crippen molar-refractivity contribution in [1.82, 2.24) is 10.2 Å². The van der Waals surface area contributed by atoms with Crippen LogP contribution in [-0.2, 0) is 5.75 Å². The van der Waals surface area contributed by atoms with Gasteiger partial charge in [-0.15, -0.1) is 33.3 Å². The molecule has 1 aromatic carbocycles. The third kappa shape index (κ3) is 2.80. The number of thioether (sulfide) groups is 1. The van der Waals surface area contributed by atoms with E-state index in [-0.39, 0.29) is 5.75 Å². The number of nitrogens with zero attached hydrogens (tertiary/aromatic N) is 2. The lowest BCUT2D eigenvalue weighted by Gasteiger charge is -2.00. The van der Waals surface area contributed by atoms with Crippen LogP contribution in [0.15, 0.2) is 51.1 Å². The standard InChI is InChI=1S/C13H10N2O2S2/c16-9-4-1-2-5-10(9)19-8-12-14-15-13(17-12)11-6-3-7-18-11/h1-7,16H,8H2. The first-order valence-corrected chi connectivity index (χ1v) is 7.46. The van der Waals surface area contributed by atoms with E-state index in [0.29, 0.717) is 17.5 Å². The maximum Gasteiger partial charge on any atom is 0.257 e. The van der Waals surface area contributed by atoms with Crippen molar-refractivity contribution in [3.05, 3.63) is 47.7 Å². The van der Waals surface area contributed by atoms with Gasteiger partial charge >= 0.3 is 0 Å². The summed E-state index contributed by atoms with van der Waals surface area (Å²) in [5, 5.41) is 19.6. The van der Waals surface area contributed by atoms with Gasteiger partial charge in [-0.2, -0.15) is 0 Å². The highest BCUT2D eigenvalue weighted by Gasteiger charge is 2.10. The normalized spacial score (nSPS) is 10.7. The predicted molar refractivity (Wildman–Crippen MR) is 75.3 cm³/mol. The number of benzene rings is 1. The fourth-order valence-electron chi connectivity index (χ4n) is 1.53. The van der Waals surface area contributed by atoms with Crippen LogP contribution < -0.4 is 0 Å². The molecule has 96 valence electrons. The van der Waals surface area contributed by atoms with Crippen LogP contribution in [-0.4, -0.2) is 15.3 Å². The molecule has 2 aromatic heterocycles. The minimum absolute atomic E-state index is 0.269. The highest BCUT2D eigenvalue weighted by atomic mass is 32.2. The van der Waals surface area contributed by atoms with Crippen molar-refractivity contribution in [2.75, 3.05) is 0 Å². The van der Waals surface area contributed by atoms with E-state index in [4.69, 9.17) is 4.42 Å². The predicted octanol–water partition coefficient (Wildman–Crippen LogP) is 3.80. The van der Waals surface area contributed by atoms with Crippen LogP contribution in [0.3, 0.4) is 0 Å². The Morgan fingerprint density at radius 2 is 2.05 bits per heavy atom. The highest BCUT2D eigenvalue weighted by molar-refractivity contribution is 7.98. The molecule has 3 rings (SSSR count). The van der Waals surface area contributed by atoms with Crippen molar-refractivity contribution < 1.29 is 9.52 Å². The van der Waals surface area contributed by atoms with Gasteiger partial charge in [0.1, 0.15) is 5.75 Å². The number of rotatable bonds is 4. The topological polar surface area (TPSA) is 59.2 Å². The van der Waals surface area contributed by atoms with Gasteiger partial charge in [0.2, 0.25) is 5.89 Å². The molecule has 2 heterocycles. The molecule has 4 nitrogen and oxygen atoms in total. The Hall–Kier alpha value is -1.79. The zero-order chi connectivity index (χ0) is 13.1. The molecule has 0 bridgehead atoms. The summed E-state index contributed by atoms with van der Waals surface area (Å²) in [6, 6.07) is 11.1. The van der Waals surface area contributed by atoms with Crippen LogP contribution in [0.25, 0.3) is 10.8 Å². The van der Waals surface area contributed by atoms with Crippen molar-refractivity contribution in [2.45, 2.75) is 10.6 Å². The number of aromatic hydroxyl groups is 1. The zero-order valence-electron chi connectivity index (χ0n) is 9.81. The van der Waals surface area contributed by atoms with Crippen LogP contribution in [0.5, 0.6) is 5.75 Å². The fraction of sp³-hybridized carbons (Fsp3) is 0.0769. The van der Waals surface area contributed by atoms with Crippen molar-refractivity contribution in [1.29, 1.82) is 0 Å². The lowest BCUT2D eigenvalue weighted by Crippen LogP contribution is -1.80. The summed E-state index contributed by atoms with van der Waals surface area (Å²) in [6.07, 6.45) is 0. The number of hydrogen-bond donors (Lipinski definition) is 1. The quantitative estimate of drug-likeness (QED) is 0.741. The van der Waals surface area contributed by atoms with Crippen LogP contribution in [0.4, 0.5) is 0 Å². The Morgan fingerprint density at radius 3 is 2.84 bits per heavy atom. The number of hydrogen-bond acceptors (Lipinski definition) is 6. The minimum atomic E-state index is 0.269. The number of phenolic OH excluding ortho intramolecular Hbond substituents is 1. The van der Waals surface area contributed by atoms with Gasteiger partial charge in [0.15, 0.2) is 0 Å². The van der Waals surface area contributed by atoms with Gasteiger partial charge in [-0.25, -0.2) is 0 Å². The van der Waals surface area contributed by atoms with E-state index in [0.717, 1.165) is 9.77 Å². The van der Waals surface area contributed by atoms with E-state index in [2.05, 4.69) is 10.2 Å². The SMILES string of the molecule is Oc1ccccc1SCc1nnc(-c2cccs2)o1. The Labute approximate surface area is 118 Å². The molecule has 0 unspecified atom stereocenters. The molecule has 0 amide bonds. The molecule has 0 atom stereocenters. The van der Waals surface area contributed by atoms with E-state index < -0.39 is 0 Å². The molecule has 0 saturated heterocycles. The van der Waals surface area contributed by atoms with E-state index in [9.17, 15) is 5.11 Å². The third-order valence-corrected chi connectivity index (χ3v) is 4.32. The Bertz CT molecular complexity index is 665. The first kappa shape index (κ1) is 12.3. The summed E-state index contributed by atoms with van der Waals surface area (Å²) in [4.78, 5) is 1.77. The second kappa shape index (κ2) is 5.46. The molecule has 0 aliphatic heterocycles. The third-order valence-electron chi connectivity index (χ3n) is 2.42. The largest absolute Gasteiger partial charge is 0.507 e. The average Bonchev–Trinajstić information content (AvgIpc) is 3.09. The molecule has 3 aromatic rings. The van der Waals surface area contributed by atoms with Crippen LogP contribution in [0.2, 0.25) is 0 Å². The van der Waals surface area contributed by atoms with E-state index >= 15 is 0 Å². The van der Waals surface area contributed by atoms with Gasteiger partial charge < -0.3 is 9.52 Å². The van der Waals surface area contributed by atoms with Gasteiger partial charge in [0, 0.05) is 4.90 Å². The van der Waals surface area contributed by atoms with Crippen molar-refractivity contribution >= 4 is 23.1 Å². The van der Waals surface area contributed by atoms with Gasteiger partial charge in [0.05, 0.1) is 10.6 Å². The molecule has 0 aliphatic carbocycles. The van der Waals surface area contributed by atoms with Crippen molar-refractivity contribution in [3.8, 4) is 16.5 Å². The molecule has 0 saturated carbocycles. The lowest BCUT2D eigenvalue weighted by molar-refractivity contribution is 0.462. The van der Waals surface area contributed by atoms with Gasteiger partial charge in [-0.05, 0) is 23.6 Å². The molecular weight excluding hydrogens is 280 g/mol. The molecule has 0 radical (unpaired) electrons. The van der Waals surface area contributed by atoms with E-state index in [1.807, 2.05) is 29.6 Å². The molecule has 0 aliphatic rings. The first-order valence-electron chi connectivity index (χ1n) is 5.60. The van der Waals surface area contributed by atoms with Crippen LogP contribution in [0.1, 0.15) is 5.89 Å². The molecule has 0 fully saturated rings. The molecular formula is C13H10N2O2S2. The van der Waals surface area contributed by atoms with Crippen molar-refractivity contribution in [2.24, 2.45) is 0 Å². The van der Waals surface area contributed by atoms with E-state index in [1.165, 1.54) is 11.8 Å². The number of para-hydroxylation sites is 1. The highest BCUT2D eigenvalue weighted by Crippen LogP contribution is 2.31. The maximum atomic E-state index is 9.66. The van der Waals surface area contributed by atoms with E-state index in [1.54, 1.807) is 23.5 Å². The second-order valence-electron chi connectivity index (χ2n) is 3.73.